The number of benzene rings is 3. The van der Waals surface area contributed by atoms with Gasteiger partial charge >= 0.3 is 0 Å². The van der Waals surface area contributed by atoms with Gasteiger partial charge in [0.05, 0.1) is 12.2 Å². The van der Waals surface area contributed by atoms with Crippen LogP contribution in [-0.2, 0) is 11.3 Å². The molecule has 3 aromatic carbocycles. The number of para-hydroxylation sites is 2. The highest BCUT2D eigenvalue weighted by atomic mass is 16.5. The lowest BCUT2D eigenvalue weighted by Gasteiger charge is -2.59. The molecular weight excluding hydrogens is 508 g/mol. The quantitative estimate of drug-likeness (QED) is 0.330. The molecule has 1 N–H and O–H groups in total. The number of hydrogen-bond acceptors (Lipinski definition) is 3. The van der Waals surface area contributed by atoms with Crippen LogP contribution in [0, 0.1) is 30.1 Å². The summed E-state index contributed by atoms with van der Waals surface area (Å²) in [7, 11) is 0. The van der Waals surface area contributed by atoms with E-state index >= 15 is 0 Å². The maximum absolute atomic E-state index is 13.6. The summed E-state index contributed by atoms with van der Waals surface area (Å²) in [6, 6.07) is 23.5. The number of ether oxygens (including phenoxy) is 1. The van der Waals surface area contributed by atoms with E-state index in [1.54, 1.807) is 11.0 Å². The second-order valence-electron chi connectivity index (χ2n) is 13.1. The van der Waals surface area contributed by atoms with Crippen LogP contribution in [0.4, 0.5) is 5.69 Å². The van der Waals surface area contributed by atoms with Crippen LogP contribution in [0.3, 0.4) is 0 Å². The van der Waals surface area contributed by atoms with Gasteiger partial charge in [0.1, 0.15) is 0 Å². The summed E-state index contributed by atoms with van der Waals surface area (Å²) in [6.07, 6.45) is 9.78. The fourth-order valence-corrected chi connectivity index (χ4v) is 8.44. The van der Waals surface area contributed by atoms with Crippen molar-refractivity contribution in [2.45, 2.75) is 65.0 Å². The minimum absolute atomic E-state index is 0.0179. The number of aryl methyl sites for hydroxylation is 1. The van der Waals surface area contributed by atoms with Crippen LogP contribution < -0.4 is 15.0 Å². The highest BCUT2D eigenvalue weighted by Crippen LogP contribution is 2.61. The first-order valence-electron chi connectivity index (χ1n) is 15.1. The van der Waals surface area contributed by atoms with Crippen LogP contribution in [0.5, 0.6) is 5.75 Å². The first-order chi connectivity index (χ1) is 19.8. The topological polar surface area (TPSA) is 58.6 Å². The largest absolute Gasteiger partial charge is 0.449 e. The number of hydrogen-bond donors (Lipinski definition) is 1. The molecule has 1 atom stereocenters. The second-order valence-corrected chi connectivity index (χ2v) is 13.1. The highest BCUT2D eigenvalue weighted by molar-refractivity contribution is 6.09. The lowest BCUT2D eigenvalue weighted by molar-refractivity contribution is -0.117. The van der Waals surface area contributed by atoms with Crippen LogP contribution in [0.1, 0.15) is 72.5 Å². The molecular formula is C36H38N2O3. The number of amides is 2. The van der Waals surface area contributed by atoms with Crippen molar-refractivity contribution >= 4 is 23.6 Å². The summed E-state index contributed by atoms with van der Waals surface area (Å²) in [5.74, 6) is 3.30. The average molecular weight is 547 g/mol. The van der Waals surface area contributed by atoms with Gasteiger partial charge in [-0.2, -0.15) is 0 Å². The molecule has 2 amide bonds. The lowest BCUT2D eigenvalue weighted by Crippen LogP contribution is -2.55. The molecule has 1 unspecified atom stereocenters. The van der Waals surface area contributed by atoms with E-state index in [0.717, 1.165) is 40.1 Å². The van der Waals surface area contributed by atoms with Crippen LogP contribution >= 0.6 is 0 Å². The number of carbonyl (C=O) groups excluding carboxylic acids is 2. The van der Waals surface area contributed by atoms with Crippen molar-refractivity contribution in [3.05, 3.63) is 101 Å². The maximum atomic E-state index is 13.6. The van der Waals surface area contributed by atoms with Crippen molar-refractivity contribution in [1.82, 2.24) is 5.32 Å². The smallest absolute Gasteiger partial charge is 0.294 e. The Bertz CT molecular complexity index is 1490. The standard InChI is InChI=1S/C36H38N2O3/c1-23-6-5-7-26(14-23)22-38-31-8-3-4-9-32(31)41-33(35(38)40)18-25-10-12-30(13-11-25)34(39)37-24(2)36-19-27-15-28(20-36)17-29(16-27)21-36/h3-14,18,24,27-29H,15-17,19-22H2,1-2H3,(H,37,39). The van der Waals surface area contributed by atoms with Gasteiger partial charge < -0.3 is 10.1 Å². The van der Waals surface area contributed by atoms with E-state index in [-0.39, 0.29) is 29.0 Å². The Balaban J connectivity index is 1.07. The van der Waals surface area contributed by atoms with Crippen molar-refractivity contribution in [2.24, 2.45) is 23.2 Å². The predicted octanol–water partition coefficient (Wildman–Crippen LogP) is 7.30. The molecule has 41 heavy (non-hydrogen) atoms. The number of anilines is 1. The number of carbonyl (C=O) groups is 2. The average Bonchev–Trinajstić information content (AvgIpc) is 2.95. The summed E-state index contributed by atoms with van der Waals surface area (Å²) in [6.45, 7) is 4.73. The normalized spacial score (nSPS) is 27.9. The van der Waals surface area contributed by atoms with Gasteiger partial charge in [0.25, 0.3) is 11.8 Å². The highest BCUT2D eigenvalue weighted by Gasteiger charge is 2.53. The monoisotopic (exact) mass is 546 g/mol. The van der Waals surface area contributed by atoms with Gasteiger partial charge in [0.2, 0.25) is 0 Å². The van der Waals surface area contributed by atoms with Crippen molar-refractivity contribution < 1.29 is 14.3 Å². The first-order valence-corrected chi connectivity index (χ1v) is 15.1. The maximum Gasteiger partial charge on any atom is 0.294 e. The van der Waals surface area contributed by atoms with E-state index in [4.69, 9.17) is 4.74 Å². The third-order valence-corrected chi connectivity index (χ3v) is 10.1. The molecule has 1 aliphatic heterocycles. The molecule has 0 radical (unpaired) electrons. The van der Waals surface area contributed by atoms with E-state index < -0.39 is 0 Å². The molecule has 0 aromatic heterocycles. The summed E-state index contributed by atoms with van der Waals surface area (Å²) in [5.41, 5.74) is 4.71. The Morgan fingerprint density at radius 2 is 1.66 bits per heavy atom. The van der Waals surface area contributed by atoms with Gasteiger partial charge in [-0.15, -0.1) is 0 Å². The van der Waals surface area contributed by atoms with E-state index in [0.29, 0.717) is 17.9 Å². The zero-order valence-corrected chi connectivity index (χ0v) is 23.9. The second kappa shape index (κ2) is 10.2. The molecule has 3 aromatic rings. The Kier molecular flexibility index (Phi) is 6.49. The molecule has 5 heteroatoms. The molecule has 4 aliphatic carbocycles. The van der Waals surface area contributed by atoms with Gasteiger partial charge in [-0.05, 0) is 117 Å². The van der Waals surface area contributed by atoms with Crippen LogP contribution in [0.2, 0.25) is 0 Å². The van der Waals surface area contributed by atoms with Gasteiger partial charge in [-0.3, -0.25) is 14.5 Å². The number of fused-ring (bicyclic) bond motifs is 1. The van der Waals surface area contributed by atoms with E-state index in [9.17, 15) is 9.59 Å². The number of nitrogens with zero attached hydrogens (tertiary/aromatic N) is 1. The lowest BCUT2D eigenvalue weighted by atomic mass is 9.48. The van der Waals surface area contributed by atoms with Gasteiger partial charge in [0.15, 0.2) is 11.5 Å². The first kappa shape index (κ1) is 26.1. The van der Waals surface area contributed by atoms with Crippen molar-refractivity contribution in [1.29, 1.82) is 0 Å². The van der Waals surface area contributed by atoms with Crippen LogP contribution in [0.15, 0.2) is 78.6 Å². The molecule has 4 fully saturated rings. The summed E-state index contributed by atoms with van der Waals surface area (Å²) >= 11 is 0. The fourth-order valence-electron chi connectivity index (χ4n) is 8.44. The summed E-state index contributed by atoms with van der Waals surface area (Å²) < 4.78 is 6.08. The van der Waals surface area contributed by atoms with Gasteiger partial charge in [-0.1, -0.05) is 54.1 Å². The Labute approximate surface area is 242 Å². The fraction of sp³-hybridized carbons (Fsp3) is 0.389. The zero-order chi connectivity index (χ0) is 28.1. The molecule has 5 nitrogen and oxygen atoms in total. The minimum atomic E-state index is -0.184. The molecule has 4 saturated carbocycles. The third-order valence-electron chi connectivity index (χ3n) is 10.1. The van der Waals surface area contributed by atoms with Crippen molar-refractivity contribution in [2.75, 3.05) is 4.90 Å². The predicted molar refractivity (Wildman–Crippen MR) is 161 cm³/mol. The van der Waals surface area contributed by atoms with E-state index in [1.807, 2.05) is 60.7 Å². The summed E-state index contributed by atoms with van der Waals surface area (Å²) in [5, 5.41) is 3.37. The van der Waals surface area contributed by atoms with Crippen LogP contribution in [-0.4, -0.2) is 17.9 Å². The molecule has 0 saturated heterocycles. The molecule has 0 spiro atoms. The zero-order valence-electron chi connectivity index (χ0n) is 23.9. The minimum Gasteiger partial charge on any atom is -0.449 e. The van der Waals surface area contributed by atoms with Gasteiger partial charge in [0, 0.05) is 11.6 Å². The SMILES string of the molecule is Cc1cccc(CN2C(=O)C(=Cc3ccc(C(=O)NC(C)C45CC6CC(CC(C6)C4)C5)cc3)Oc3ccccc32)c1. The number of nitrogens with one attached hydrogen (secondary N) is 1. The third kappa shape index (κ3) is 4.96. The van der Waals surface area contributed by atoms with Crippen LogP contribution in [0.25, 0.3) is 6.08 Å². The van der Waals surface area contributed by atoms with E-state index in [2.05, 4.69) is 31.3 Å². The molecule has 1 heterocycles. The van der Waals surface area contributed by atoms with E-state index in [1.165, 1.54) is 38.5 Å². The molecule has 5 aliphatic rings. The Hall–Kier alpha value is -3.86. The number of rotatable bonds is 6. The Morgan fingerprint density at radius 3 is 2.34 bits per heavy atom. The molecule has 4 bridgehead atoms. The molecule has 210 valence electrons. The van der Waals surface area contributed by atoms with Crippen molar-refractivity contribution in [3.63, 3.8) is 0 Å². The summed E-state index contributed by atoms with van der Waals surface area (Å²) in [4.78, 5) is 28.6. The van der Waals surface area contributed by atoms with Crippen molar-refractivity contribution in [3.8, 4) is 5.75 Å². The van der Waals surface area contributed by atoms with Gasteiger partial charge in [-0.25, -0.2) is 0 Å². The Morgan fingerprint density at radius 1 is 0.976 bits per heavy atom. The molecule has 8 rings (SSSR count).